The van der Waals surface area contributed by atoms with Crippen LogP contribution in [-0.2, 0) is 4.79 Å². The molecule has 0 aliphatic rings. The summed E-state index contributed by atoms with van der Waals surface area (Å²) in [5.74, 6) is 0.0000594. The van der Waals surface area contributed by atoms with Crippen LogP contribution in [0.1, 0.15) is 46.0 Å². The summed E-state index contributed by atoms with van der Waals surface area (Å²) in [7, 11) is 0. The number of imidazole rings is 2. The SMILES string of the molecule is Cc1nc2ccc(-n3ncc(C(C(=O)C(c4cc5ccc(-c6cccc(Cl)c6)cc5[nH]4)c4cnn(-c5ccc6nc(C)[nH]c6c5)c4N)c4cc5ccc(-c6cccc(Cl)c6)cc5[nH]4)c3N)cc2[nH]1. The number of nitrogens with one attached hydrogen (secondary N) is 4. The number of aromatic nitrogens is 10. The summed E-state index contributed by atoms with van der Waals surface area (Å²) in [6, 6.07) is 43.3. The molecule has 0 saturated carbocycles. The van der Waals surface area contributed by atoms with Crippen molar-refractivity contribution in [1.82, 2.24) is 49.5 Å². The second-order valence-electron chi connectivity index (χ2n) is 17.2. The predicted molar refractivity (Wildman–Crippen MR) is 271 cm³/mol. The van der Waals surface area contributed by atoms with Crippen molar-refractivity contribution in [3.8, 4) is 33.6 Å². The molecule has 6 aromatic heterocycles. The van der Waals surface area contributed by atoms with Crippen LogP contribution in [0.2, 0.25) is 10.0 Å². The number of nitrogen functional groups attached to an aromatic ring is 2. The van der Waals surface area contributed by atoms with Gasteiger partial charge in [-0.2, -0.15) is 10.2 Å². The maximum absolute atomic E-state index is 16.3. The first kappa shape index (κ1) is 41.1. The van der Waals surface area contributed by atoms with Crippen molar-refractivity contribution in [2.45, 2.75) is 25.7 Å². The van der Waals surface area contributed by atoms with Gasteiger partial charge in [-0.15, -0.1) is 0 Å². The van der Waals surface area contributed by atoms with E-state index in [4.69, 9.17) is 44.9 Å². The van der Waals surface area contributed by atoms with Gasteiger partial charge in [0.05, 0.1) is 57.7 Å². The minimum Gasteiger partial charge on any atom is -0.383 e. The third-order valence-corrected chi connectivity index (χ3v) is 13.2. The number of anilines is 2. The minimum absolute atomic E-state index is 0.218. The van der Waals surface area contributed by atoms with Crippen LogP contribution in [-0.4, -0.2) is 55.2 Å². The molecule has 8 N–H and O–H groups in total. The van der Waals surface area contributed by atoms with Gasteiger partial charge in [-0.25, -0.2) is 19.3 Å². The van der Waals surface area contributed by atoms with Gasteiger partial charge in [-0.3, -0.25) is 4.79 Å². The molecular weight excluding hydrogens is 892 g/mol. The lowest BCUT2D eigenvalue weighted by Crippen LogP contribution is -2.24. The van der Waals surface area contributed by atoms with E-state index in [0.717, 1.165) is 77.8 Å². The molecule has 0 radical (unpaired) electrons. The van der Waals surface area contributed by atoms with E-state index < -0.39 is 11.8 Å². The minimum atomic E-state index is -0.977. The van der Waals surface area contributed by atoms with Gasteiger partial charge in [0.25, 0.3) is 0 Å². The van der Waals surface area contributed by atoms with Crippen LogP contribution < -0.4 is 11.5 Å². The molecule has 0 aliphatic heterocycles. The number of carbonyl (C=O) groups is 1. The molecule has 13 nitrogen and oxygen atoms in total. The number of aryl methyl sites for hydroxylation is 2. The number of fused-ring (bicyclic) bond motifs is 4. The van der Waals surface area contributed by atoms with E-state index in [-0.39, 0.29) is 5.78 Å². The van der Waals surface area contributed by atoms with Crippen molar-refractivity contribution < 1.29 is 4.79 Å². The van der Waals surface area contributed by atoms with Gasteiger partial charge in [-0.1, -0.05) is 71.7 Å². The van der Waals surface area contributed by atoms with Gasteiger partial charge in [0.2, 0.25) is 0 Å². The monoisotopic (exact) mass is 930 g/mol. The maximum atomic E-state index is 16.3. The number of nitrogens with two attached hydrogens (primary N) is 2. The van der Waals surface area contributed by atoms with Gasteiger partial charge in [0, 0.05) is 43.6 Å². The number of benzene rings is 6. The molecule has 15 heteroatoms. The van der Waals surface area contributed by atoms with Crippen LogP contribution >= 0.6 is 23.2 Å². The fourth-order valence-corrected chi connectivity index (χ4v) is 9.91. The first-order valence-corrected chi connectivity index (χ1v) is 22.7. The number of nitrogens with zero attached hydrogens (tertiary/aromatic N) is 6. The molecule has 0 fully saturated rings. The normalized spacial score (nSPS) is 12.8. The Labute approximate surface area is 397 Å². The molecule has 0 bridgehead atoms. The number of Topliss-reactive ketones (excluding diaryl/α,β-unsaturated/α-hetero) is 1. The fraction of sp³-hybridized carbons (Fsp3) is 0.0755. The van der Waals surface area contributed by atoms with Crippen LogP contribution in [0.3, 0.4) is 0 Å². The molecule has 6 heterocycles. The highest BCUT2D eigenvalue weighted by Gasteiger charge is 2.38. The summed E-state index contributed by atoms with van der Waals surface area (Å²) >= 11 is 12.9. The van der Waals surface area contributed by atoms with E-state index in [0.29, 0.717) is 55.6 Å². The summed E-state index contributed by atoms with van der Waals surface area (Å²) in [4.78, 5) is 39.4. The summed E-state index contributed by atoms with van der Waals surface area (Å²) in [5, 5.41) is 12.7. The fourth-order valence-electron chi connectivity index (χ4n) is 9.53. The number of halogens is 2. The third-order valence-electron chi connectivity index (χ3n) is 12.7. The highest BCUT2D eigenvalue weighted by molar-refractivity contribution is 6.31. The standard InChI is InChI=1S/C53H40Cl2N12O/c1-27-60-41-15-13-37(23-45(41)62-27)66-52(56)39(25-58-66)49(47-21-33-11-9-31(19-43(33)64-47)29-5-3-7-35(54)17-29)51(68)50(40-26-59-67(53(40)57)38-14-16-42-46(24-38)63-28(2)61-42)48-22-34-12-10-32(20-44(34)65-48)30-6-4-8-36(55)18-30/h3-26,49-50,64-65H,56-57H2,1-2H3,(H,60,62)(H,61,63). The number of hydrogen-bond acceptors (Lipinski definition) is 7. The maximum Gasteiger partial charge on any atom is 0.159 e. The molecule has 2 unspecified atom stereocenters. The van der Waals surface area contributed by atoms with Crippen LogP contribution in [0.15, 0.2) is 146 Å². The lowest BCUT2D eigenvalue weighted by atomic mass is 9.81. The Balaban J connectivity index is 1.04. The van der Waals surface area contributed by atoms with Gasteiger partial charge in [0.15, 0.2) is 5.78 Å². The van der Waals surface area contributed by atoms with Gasteiger partial charge in [-0.05, 0) is 132 Å². The van der Waals surface area contributed by atoms with E-state index >= 15 is 4.79 Å². The number of aromatic amines is 4. The molecular formula is C53H40Cl2N12O. The Morgan fingerprint density at radius 2 is 0.956 bits per heavy atom. The smallest absolute Gasteiger partial charge is 0.159 e. The molecule has 2 atom stereocenters. The number of rotatable bonds is 10. The number of carbonyl (C=O) groups excluding carboxylic acids is 1. The van der Waals surface area contributed by atoms with E-state index in [2.05, 4.69) is 42.0 Å². The van der Waals surface area contributed by atoms with E-state index in [9.17, 15) is 0 Å². The van der Waals surface area contributed by atoms with E-state index in [1.165, 1.54) is 0 Å². The van der Waals surface area contributed by atoms with Crippen molar-refractivity contribution in [2.75, 3.05) is 11.5 Å². The van der Waals surface area contributed by atoms with Crippen LogP contribution in [0, 0.1) is 13.8 Å². The van der Waals surface area contributed by atoms with E-state index in [1.807, 2.05) is 135 Å². The molecule has 12 rings (SSSR count). The van der Waals surface area contributed by atoms with Gasteiger partial charge >= 0.3 is 0 Å². The lowest BCUT2D eigenvalue weighted by Gasteiger charge is -2.22. The highest BCUT2D eigenvalue weighted by Crippen LogP contribution is 2.42. The summed E-state index contributed by atoms with van der Waals surface area (Å²) in [5.41, 5.74) is 26.8. The zero-order valence-electron chi connectivity index (χ0n) is 36.5. The first-order chi connectivity index (χ1) is 33.0. The largest absolute Gasteiger partial charge is 0.383 e. The second kappa shape index (κ2) is 15.9. The van der Waals surface area contributed by atoms with Crippen molar-refractivity contribution in [2.24, 2.45) is 0 Å². The second-order valence-corrected chi connectivity index (χ2v) is 18.1. The third kappa shape index (κ3) is 7.07. The molecule has 68 heavy (non-hydrogen) atoms. The Kier molecular flexibility index (Phi) is 9.60. The quantitative estimate of drug-likeness (QED) is 0.0785. The zero-order valence-corrected chi connectivity index (χ0v) is 38.0. The number of hydrogen-bond donors (Lipinski definition) is 6. The van der Waals surface area contributed by atoms with Gasteiger partial charge < -0.3 is 31.4 Å². The van der Waals surface area contributed by atoms with Crippen molar-refractivity contribution in [1.29, 1.82) is 0 Å². The Hall–Kier alpha value is -8.39. The number of H-pyrrole nitrogens is 4. The molecule has 0 aliphatic carbocycles. The summed E-state index contributed by atoms with van der Waals surface area (Å²) < 4.78 is 3.31. The predicted octanol–water partition coefficient (Wildman–Crippen LogP) is 11.7. The van der Waals surface area contributed by atoms with Crippen molar-refractivity contribution in [3.05, 3.63) is 190 Å². The Morgan fingerprint density at radius 3 is 1.40 bits per heavy atom. The van der Waals surface area contributed by atoms with Crippen LogP contribution in [0.25, 0.3) is 77.5 Å². The zero-order chi connectivity index (χ0) is 46.4. The van der Waals surface area contributed by atoms with Crippen molar-refractivity contribution >= 4 is 84.5 Å². The Bertz CT molecular complexity index is 3710. The highest BCUT2D eigenvalue weighted by atomic mass is 35.5. The molecule has 0 amide bonds. The van der Waals surface area contributed by atoms with E-state index in [1.54, 1.807) is 21.8 Å². The summed E-state index contributed by atoms with van der Waals surface area (Å²) in [6.07, 6.45) is 3.36. The summed E-state index contributed by atoms with van der Waals surface area (Å²) in [6.45, 7) is 3.82. The van der Waals surface area contributed by atoms with Crippen LogP contribution in [0.5, 0.6) is 0 Å². The number of ketones is 1. The Morgan fingerprint density at radius 1 is 0.515 bits per heavy atom. The molecule has 12 aromatic rings. The average Bonchev–Trinajstić information content (AvgIpc) is 4.20. The van der Waals surface area contributed by atoms with Crippen LogP contribution in [0.4, 0.5) is 11.6 Å². The molecule has 0 saturated heterocycles. The average molecular weight is 932 g/mol. The first-order valence-electron chi connectivity index (χ1n) is 21.9. The molecule has 332 valence electrons. The van der Waals surface area contributed by atoms with Gasteiger partial charge in [0.1, 0.15) is 23.3 Å². The molecule has 0 spiro atoms. The lowest BCUT2D eigenvalue weighted by molar-refractivity contribution is -0.120. The topological polar surface area (TPSA) is 194 Å². The molecule has 6 aromatic carbocycles. The van der Waals surface area contributed by atoms with Crippen molar-refractivity contribution in [3.63, 3.8) is 0 Å².